The third-order valence-electron chi connectivity index (χ3n) is 1.67. The number of rotatable bonds is 5. The Morgan fingerprint density at radius 1 is 1.33 bits per heavy atom. The zero-order valence-electron chi connectivity index (χ0n) is 6.66. The lowest BCUT2D eigenvalue weighted by atomic mass is 9.92. The predicted octanol–water partition coefficient (Wildman–Crippen LogP) is 0.767. The molecule has 0 heterocycles. The fourth-order valence-corrected chi connectivity index (χ4v) is 0.931. The van der Waals surface area contributed by atoms with E-state index in [-0.39, 0.29) is 6.42 Å². The van der Waals surface area contributed by atoms with E-state index in [4.69, 9.17) is 10.2 Å². The molecule has 12 heavy (non-hydrogen) atoms. The summed E-state index contributed by atoms with van der Waals surface area (Å²) in [5.74, 6) is -5.00. The molecule has 0 aromatic rings. The molecular formula is C7H11FO4. The van der Waals surface area contributed by atoms with Crippen LogP contribution in [-0.4, -0.2) is 28.8 Å². The maximum absolute atomic E-state index is 11.7. The minimum Gasteiger partial charge on any atom is -0.481 e. The lowest BCUT2D eigenvalue weighted by Gasteiger charge is -2.13. The molecule has 1 unspecified atom stereocenters. The summed E-state index contributed by atoms with van der Waals surface area (Å²) in [7, 11) is 0. The molecule has 0 saturated heterocycles. The third kappa shape index (κ3) is 2.86. The van der Waals surface area contributed by atoms with Crippen molar-refractivity contribution in [3.8, 4) is 0 Å². The van der Waals surface area contributed by atoms with Gasteiger partial charge in [-0.15, -0.1) is 0 Å². The Balaban J connectivity index is 4.29. The normalized spacial score (nSPS) is 12.9. The molecule has 1 atom stereocenters. The third-order valence-corrected chi connectivity index (χ3v) is 1.67. The smallest absolute Gasteiger partial charge is 0.318 e. The van der Waals surface area contributed by atoms with Gasteiger partial charge in [0.2, 0.25) is 0 Å². The van der Waals surface area contributed by atoms with E-state index >= 15 is 0 Å². The van der Waals surface area contributed by atoms with E-state index in [9.17, 15) is 14.0 Å². The topological polar surface area (TPSA) is 74.6 Å². The molecule has 0 fully saturated rings. The second-order valence-corrected chi connectivity index (χ2v) is 2.61. The Hall–Kier alpha value is -1.13. The Morgan fingerprint density at radius 3 is 2.00 bits per heavy atom. The molecule has 0 amide bonds. The van der Waals surface area contributed by atoms with Crippen LogP contribution in [0.1, 0.15) is 13.3 Å². The highest BCUT2D eigenvalue weighted by atomic mass is 19.1. The van der Waals surface area contributed by atoms with Crippen LogP contribution in [-0.2, 0) is 9.59 Å². The summed E-state index contributed by atoms with van der Waals surface area (Å²) >= 11 is 0. The second-order valence-electron chi connectivity index (χ2n) is 2.61. The van der Waals surface area contributed by atoms with E-state index < -0.39 is 30.4 Å². The highest BCUT2D eigenvalue weighted by Crippen LogP contribution is 2.16. The van der Waals surface area contributed by atoms with E-state index in [0.29, 0.717) is 0 Å². The number of carboxylic acid groups (broad SMARTS) is 2. The van der Waals surface area contributed by atoms with Crippen LogP contribution >= 0.6 is 0 Å². The van der Waals surface area contributed by atoms with Gasteiger partial charge in [-0.25, -0.2) is 0 Å². The Bertz CT molecular complexity index is 166. The van der Waals surface area contributed by atoms with Crippen molar-refractivity contribution < 1.29 is 24.2 Å². The van der Waals surface area contributed by atoms with Gasteiger partial charge < -0.3 is 10.2 Å². The van der Waals surface area contributed by atoms with E-state index in [1.54, 1.807) is 0 Å². The van der Waals surface area contributed by atoms with Crippen molar-refractivity contribution >= 4 is 11.9 Å². The molecule has 0 bridgehead atoms. The zero-order valence-corrected chi connectivity index (χ0v) is 6.66. The number of halogens is 1. The van der Waals surface area contributed by atoms with Crippen molar-refractivity contribution in [2.45, 2.75) is 13.3 Å². The number of carboxylic acids is 2. The van der Waals surface area contributed by atoms with Crippen LogP contribution in [0.25, 0.3) is 0 Å². The largest absolute Gasteiger partial charge is 0.481 e. The number of carbonyl (C=O) groups is 2. The summed E-state index contributed by atoms with van der Waals surface area (Å²) in [6.45, 7) is 0.713. The number of aliphatic carboxylic acids is 2. The second kappa shape index (κ2) is 4.69. The molecular weight excluding hydrogens is 167 g/mol. The molecule has 4 nitrogen and oxygen atoms in total. The standard InChI is InChI=1S/C7H11FO4/c1-4(2-3-8)5(6(9)10)7(11)12/h4-5H,2-3H2,1H3,(H,9,10)(H,11,12). The molecule has 0 aromatic carbocycles. The Morgan fingerprint density at radius 2 is 1.75 bits per heavy atom. The van der Waals surface area contributed by atoms with Crippen molar-refractivity contribution in [3.63, 3.8) is 0 Å². The first-order chi connectivity index (χ1) is 5.50. The highest BCUT2D eigenvalue weighted by molar-refractivity contribution is 5.93. The van der Waals surface area contributed by atoms with Crippen LogP contribution in [0.3, 0.4) is 0 Å². The molecule has 0 aliphatic rings. The average molecular weight is 178 g/mol. The maximum Gasteiger partial charge on any atom is 0.318 e. The van der Waals surface area contributed by atoms with Crippen LogP contribution < -0.4 is 0 Å². The summed E-state index contributed by atoms with van der Waals surface area (Å²) in [5, 5.41) is 16.9. The first kappa shape index (κ1) is 10.9. The number of alkyl halides is 1. The van der Waals surface area contributed by atoms with Crippen LogP contribution in [0.2, 0.25) is 0 Å². The van der Waals surface area contributed by atoms with Gasteiger partial charge in [0.25, 0.3) is 0 Å². The fraction of sp³-hybridized carbons (Fsp3) is 0.714. The van der Waals surface area contributed by atoms with Gasteiger partial charge in [-0.2, -0.15) is 0 Å². The molecule has 0 spiro atoms. The van der Waals surface area contributed by atoms with Crippen LogP contribution in [0, 0.1) is 11.8 Å². The molecule has 0 rings (SSSR count). The van der Waals surface area contributed by atoms with Gasteiger partial charge in [-0.05, 0) is 12.3 Å². The predicted molar refractivity (Wildman–Crippen MR) is 38.5 cm³/mol. The summed E-state index contributed by atoms with van der Waals surface area (Å²) in [4.78, 5) is 20.7. The fourth-order valence-electron chi connectivity index (χ4n) is 0.931. The lowest BCUT2D eigenvalue weighted by molar-refractivity contribution is -0.157. The SMILES string of the molecule is CC(CCF)C(C(=O)O)C(=O)O. The van der Waals surface area contributed by atoms with Gasteiger partial charge >= 0.3 is 11.9 Å². The van der Waals surface area contributed by atoms with Gasteiger partial charge in [0.1, 0.15) is 0 Å². The highest BCUT2D eigenvalue weighted by Gasteiger charge is 2.31. The van der Waals surface area contributed by atoms with Crippen LogP contribution in [0.5, 0.6) is 0 Å². The van der Waals surface area contributed by atoms with E-state index in [1.165, 1.54) is 6.92 Å². The van der Waals surface area contributed by atoms with Crippen LogP contribution in [0.4, 0.5) is 4.39 Å². The molecule has 2 N–H and O–H groups in total. The minimum atomic E-state index is -1.50. The monoisotopic (exact) mass is 178 g/mol. The van der Waals surface area contributed by atoms with Crippen LogP contribution in [0.15, 0.2) is 0 Å². The van der Waals surface area contributed by atoms with Crippen molar-refractivity contribution in [3.05, 3.63) is 0 Å². The number of hydrogen-bond donors (Lipinski definition) is 2. The molecule has 0 aliphatic heterocycles. The zero-order chi connectivity index (χ0) is 9.72. The Kier molecular flexibility index (Phi) is 4.25. The van der Waals surface area contributed by atoms with Gasteiger partial charge in [0, 0.05) is 0 Å². The lowest BCUT2D eigenvalue weighted by Crippen LogP contribution is -2.29. The van der Waals surface area contributed by atoms with Gasteiger partial charge in [0.05, 0.1) is 6.67 Å². The maximum atomic E-state index is 11.7. The molecule has 70 valence electrons. The molecule has 0 radical (unpaired) electrons. The van der Waals surface area contributed by atoms with Gasteiger partial charge in [-0.1, -0.05) is 6.92 Å². The van der Waals surface area contributed by atoms with Gasteiger partial charge in [0.15, 0.2) is 5.92 Å². The van der Waals surface area contributed by atoms with E-state index in [1.807, 2.05) is 0 Å². The Labute approximate surface area is 69.0 Å². The molecule has 0 aromatic heterocycles. The van der Waals surface area contributed by atoms with Crippen molar-refractivity contribution in [2.24, 2.45) is 11.8 Å². The molecule has 0 aliphatic carbocycles. The number of hydrogen-bond acceptors (Lipinski definition) is 2. The van der Waals surface area contributed by atoms with Crippen molar-refractivity contribution in [1.82, 2.24) is 0 Å². The summed E-state index contributed by atoms with van der Waals surface area (Å²) in [6, 6.07) is 0. The minimum absolute atomic E-state index is 0.0384. The van der Waals surface area contributed by atoms with E-state index in [0.717, 1.165) is 0 Å². The van der Waals surface area contributed by atoms with Crippen molar-refractivity contribution in [1.29, 1.82) is 0 Å². The summed E-state index contributed by atoms with van der Waals surface area (Å²) < 4.78 is 11.7. The van der Waals surface area contributed by atoms with Crippen molar-refractivity contribution in [2.75, 3.05) is 6.67 Å². The summed E-state index contributed by atoms with van der Waals surface area (Å²) in [6.07, 6.45) is -0.0384. The first-order valence-corrected chi connectivity index (χ1v) is 3.52. The first-order valence-electron chi connectivity index (χ1n) is 3.52. The quantitative estimate of drug-likeness (QED) is 0.609. The van der Waals surface area contributed by atoms with E-state index in [2.05, 4.69) is 0 Å². The molecule has 5 heteroatoms. The van der Waals surface area contributed by atoms with Gasteiger partial charge in [-0.3, -0.25) is 14.0 Å². The molecule has 0 saturated carbocycles. The summed E-state index contributed by atoms with van der Waals surface area (Å²) in [5.41, 5.74) is 0. The average Bonchev–Trinajstić information content (AvgIpc) is 1.85.